The molecule has 18 heavy (non-hydrogen) atoms. The number of carbonyl (C=O) groups is 1. The van der Waals surface area contributed by atoms with Crippen LogP contribution in [-0.4, -0.2) is 17.5 Å². The predicted octanol–water partition coefficient (Wildman–Crippen LogP) is 2.93. The molecule has 0 bridgehead atoms. The monoisotopic (exact) mass is 238 g/mol. The number of hydrogen-bond acceptors (Lipinski definition) is 2. The third-order valence-corrected chi connectivity index (χ3v) is 2.82. The number of ketones is 1. The minimum atomic E-state index is -0.501. The molecule has 0 radical (unpaired) electrons. The average Bonchev–Trinajstić information content (AvgIpc) is 2.47. The molecule has 0 aliphatic heterocycles. The number of carbonyl (C=O) groups excluding carboxylic acids is 1. The summed E-state index contributed by atoms with van der Waals surface area (Å²) in [6.07, 6.45) is 0. The first-order valence-corrected chi connectivity index (χ1v) is 5.71. The number of aliphatic hydroxyl groups excluding tert-OH is 1. The lowest BCUT2D eigenvalue weighted by atomic mass is 9.99. The molecule has 1 N–H and O–H groups in total. The molecule has 2 nitrogen and oxygen atoms in total. The molecule has 2 aromatic carbocycles. The van der Waals surface area contributed by atoms with Gasteiger partial charge in [0.25, 0.3) is 0 Å². The Bertz CT molecular complexity index is 553. The molecule has 90 valence electrons. The Morgan fingerprint density at radius 1 is 0.944 bits per heavy atom. The summed E-state index contributed by atoms with van der Waals surface area (Å²) in [4.78, 5) is 11.3. The summed E-state index contributed by atoms with van der Waals surface area (Å²) in [5.74, 6) is -0.345. The van der Waals surface area contributed by atoms with Crippen molar-refractivity contribution in [2.75, 3.05) is 6.61 Å². The number of hydrogen-bond donors (Lipinski definition) is 1. The van der Waals surface area contributed by atoms with Crippen molar-refractivity contribution in [1.82, 2.24) is 0 Å². The van der Waals surface area contributed by atoms with Crippen LogP contribution in [0.5, 0.6) is 0 Å². The van der Waals surface area contributed by atoms with E-state index in [1.165, 1.54) is 0 Å². The summed E-state index contributed by atoms with van der Waals surface area (Å²) in [5, 5.41) is 8.79. The van der Waals surface area contributed by atoms with Crippen LogP contribution in [0.2, 0.25) is 0 Å². The summed E-state index contributed by atoms with van der Waals surface area (Å²) < 4.78 is 0. The maximum absolute atomic E-state index is 11.3. The van der Waals surface area contributed by atoms with Crippen LogP contribution in [0, 0.1) is 0 Å². The van der Waals surface area contributed by atoms with Gasteiger partial charge in [-0.1, -0.05) is 61.2 Å². The van der Waals surface area contributed by atoms with Gasteiger partial charge in [0.2, 0.25) is 0 Å². The van der Waals surface area contributed by atoms with E-state index in [0.29, 0.717) is 5.57 Å². The molecule has 0 unspecified atom stereocenters. The third-order valence-electron chi connectivity index (χ3n) is 2.82. The van der Waals surface area contributed by atoms with Crippen LogP contribution in [0.1, 0.15) is 5.56 Å². The van der Waals surface area contributed by atoms with Gasteiger partial charge in [0, 0.05) is 5.57 Å². The van der Waals surface area contributed by atoms with E-state index in [4.69, 9.17) is 5.11 Å². The summed E-state index contributed by atoms with van der Waals surface area (Å²) in [6.45, 7) is 3.19. The van der Waals surface area contributed by atoms with Crippen molar-refractivity contribution in [3.63, 3.8) is 0 Å². The minimum Gasteiger partial charge on any atom is -0.388 e. The highest BCUT2D eigenvalue weighted by atomic mass is 16.3. The van der Waals surface area contributed by atoms with Crippen LogP contribution in [0.3, 0.4) is 0 Å². The zero-order chi connectivity index (χ0) is 13.0. The second kappa shape index (κ2) is 5.43. The van der Waals surface area contributed by atoms with Crippen molar-refractivity contribution in [2.45, 2.75) is 0 Å². The zero-order valence-corrected chi connectivity index (χ0v) is 9.97. The number of Topliss-reactive ketones (excluding diaryl/α,β-unsaturated/α-hetero) is 1. The standard InChI is InChI=1S/C16H14O2/c1-12(16(18)11-17)13-7-9-15(10-8-13)14-5-3-2-4-6-14/h2-10,17H,1,11H2. The van der Waals surface area contributed by atoms with Crippen molar-refractivity contribution < 1.29 is 9.90 Å². The van der Waals surface area contributed by atoms with Crippen molar-refractivity contribution in [3.8, 4) is 11.1 Å². The van der Waals surface area contributed by atoms with Crippen LogP contribution in [-0.2, 0) is 4.79 Å². The maximum Gasteiger partial charge on any atom is 0.188 e. The SMILES string of the molecule is C=C(C(=O)CO)c1ccc(-c2ccccc2)cc1. The molecule has 0 heterocycles. The molecular weight excluding hydrogens is 224 g/mol. The normalized spacial score (nSPS) is 10.1. The van der Waals surface area contributed by atoms with Crippen LogP contribution >= 0.6 is 0 Å². The first-order chi connectivity index (χ1) is 8.72. The summed E-state index contributed by atoms with van der Waals surface area (Å²) in [6, 6.07) is 17.6. The summed E-state index contributed by atoms with van der Waals surface area (Å²) >= 11 is 0. The average molecular weight is 238 g/mol. The molecular formula is C16H14O2. The molecule has 0 saturated heterocycles. The van der Waals surface area contributed by atoms with Gasteiger partial charge in [-0.05, 0) is 16.7 Å². The Morgan fingerprint density at radius 3 is 2.06 bits per heavy atom. The topological polar surface area (TPSA) is 37.3 Å². The van der Waals surface area contributed by atoms with Gasteiger partial charge in [-0.2, -0.15) is 0 Å². The number of aliphatic hydroxyl groups is 1. The summed E-state index contributed by atoms with van der Waals surface area (Å²) in [7, 11) is 0. The molecule has 0 aliphatic carbocycles. The molecule has 2 aromatic rings. The molecule has 0 fully saturated rings. The van der Waals surface area contributed by atoms with Crippen LogP contribution in [0.25, 0.3) is 16.7 Å². The molecule has 0 aliphatic rings. The number of rotatable bonds is 4. The predicted molar refractivity (Wildman–Crippen MR) is 73.0 cm³/mol. The Morgan fingerprint density at radius 2 is 1.50 bits per heavy atom. The van der Waals surface area contributed by atoms with Crippen molar-refractivity contribution in [3.05, 3.63) is 66.7 Å². The fraction of sp³-hybridized carbons (Fsp3) is 0.0625. The van der Waals surface area contributed by atoms with Gasteiger partial charge in [-0.15, -0.1) is 0 Å². The second-order valence-corrected chi connectivity index (χ2v) is 4.00. The van der Waals surface area contributed by atoms with Gasteiger partial charge in [-0.3, -0.25) is 4.79 Å². The Balaban J connectivity index is 2.26. The molecule has 2 rings (SSSR count). The van der Waals surface area contributed by atoms with E-state index in [-0.39, 0.29) is 5.78 Å². The fourth-order valence-electron chi connectivity index (χ4n) is 1.75. The quantitative estimate of drug-likeness (QED) is 0.831. The van der Waals surface area contributed by atoms with Crippen molar-refractivity contribution >= 4 is 11.4 Å². The van der Waals surface area contributed by atoms with Crippen LogP contribution < -0.4 is 0 Å². The minimum absolute atomic E-state index is 0.345. The summed E-state index contributed by atoms with van der Waals surface area (Å²) in [5.41, 5.74) is 3.30. The lowest BCUT2D eigenvalue weighted by Gasteiger charge is -2.05. The molecule has 0 spiro atoms. The molecule has 0 aromatic heterocycles. The van der Waals surface area contributed by atoms with E-state index < -0.39 is 6.61 Å². The van der Waals surface area contributed by atoms with Crippen molar-refractivity contribution in [1.29, 1.82) is 0 Å². The van der Waals surface area contributed by atoms with E-state index in [0.717, 1.165) is 16.7 Å². The van der Waals surface area contributed by atoms with Crippen molar-refractivity contribution in [2.24, 2.45) is 0 Å². The van der Waals surface area contributed by atoms with Gasteiger partial charge < -0.3 is 5.11 Å². The maximum atomic E-state index is 11.3. The Kier molecular flexibility index (Phi) is 3.70. The molecule has 0 amide bonds. The van der Waals surface area contributed by atoms with Crippen LogP contribution in [0.15, 0.2) is 61.2 Å². The van der Waals surface area contributed by atoms with Gasteiger partial charge in [0.05, 0.1) is 0 Å². The number of benzene rings is 2. The Labute approximate surface area is 106 Å². The van der Waals surface area contributed by atoms with E-state index in [1.54, 1.807) is 0 Å². The van der Waals surface area contributed by atoms with Gasteiger partial charge >= 0.3 is 0 Å². The zero-order valence-electron chi connectivity index (χ0n) is 9.97. The smallest absolute Gasteiger partial charge is 0.188 e. The van der Waals surface area contributed by atoms with Gasteiger partial charge in [-0.25, -0.2) is 0 Å². The lowest BCUT2D eigenvalue weighted by molar-refractivity contribution is -0.116. The van der Waals surface area contributed by atoms with E-state index in [2.05, 4.69) is 6.58 Å². The van der Waals surface area contributed by atoms with Gasteiger partial charge in [0.1, 0.15) is 6.61 Å². The van der Waals surface area contributed by atoms with Gasteiger partial charge in [0.15, 0.2) is 5.78 Å². The highest BCUT2D eigenvalue weighted by Gasteiger charge is 2.07. The molecule has 2 heteroatoms. The highest BCUT2D eigenvalue weighted by Crippen LogP contribution is 2.21. The Hall–Kier alpha value is -2.19. The van der Waals surface area contributed by atoms with E-state index in [9.17, 15) is 4.79 Å². The first kappa shape index (κ1) is 12.3. The largest absolute Gasteiger partial charge is 0.388 e. The first-order valence-electron chi connectivity index (χ1n) is 5.71. The van der Waals surface area contributed by atoms with Crippen LogP contribution in [0.4, 0.5) is 0 Å². The molecule has 0 atom stereocenters. The second-order valence-electron chi connectivity index (χ2n) is 4.00. The van der Waals surface area contributed by atoms with E-state index in [1.807, 2.05) is 54.6 Å². The fourth-order valence-corrected chi connectivity index (χ4v) is 1.75. The highest BCUT2D eigenvalue weighted by molar-refractivity contribution is 6.20. The third kappa shape index (κ3) is 2.55. The van der Waals surface area contributed by atoms with E-state index >= 15 is 0 Å². The lowest BCUT2D eigenvalue weighted by Crippen LogP contribution is -2.05. The molecule has 0 saturated carbocycles.